The Kier molecular flexibility index (Phi) is 8.96. The van der Waals surface area contributed by atoms with Gasteiger partial charge < -0.3 is 4.74 Å². The Morgan fingerprint density at radius 1 is 1.57 bits per heavy atom. The zero-order chi connectivity index (χ0) is 11.0. The molecule has 1 aromatic carbocycles. The molecule has 0 aliphatic rings. The van der Waals surface area contributed by atoms with Gasteiger partial charge in [-0.1, -0.05) is 11.9 Å². The van der Waals surface area contributed by atoms with E-state index in [0.717, 1.165) is 12.2 Å². The minimum atomic E-state index is 0.238. The van der Waals surface area contributed by atoms with E-state index in [4.69, 9.17) is 16.3 Å². The van der Waals surface area contributed by atoms with Gasteiger partial charge in [-0.2, -0.15) is 23.7 Å². The summed E-state index contributed by atoms with van der Waals surface area (Å²) < 4.78 is 5.50. The summed E-state index contributed by atoms with van der Waals surface area (Å²) in [5, 5.41) is 0.687. The summed E-state index contributed by atoms with van der Waals surface area (Å²) >= 11 is 9.95. The average Bonchev–Trinajstić information content (AvgIpc) is 2.24. The summed E-state index contributed by atoms with van der Waals surface area (Å²) in [6, 6.07) is 8.28. The number of benzene rings is 1. The molecule has 0 aliphatic heterocycles. The second kappa shape index (κ2) is 8.70. The third-order valence-electron chi connectivity index (χ3n) is 1.65. The minimum absolute atomic E-state index is 0.238. The van der Waals surface area contributed by atoms with E-state index in [1.165, 1.54) is 16.3 Å². The van der Waals surface area contributed by atoms with Crippen LogP contribution in [0.3, 0.4) is 0 Å². The van der Waals surface area contributed by atoms with Crippen molar-refractivity contribution >= 4 is 25.2 Å². The van der Waals surface area contributed by atoms with Crippen molar-refractivity contribution in [1.29, 1.82) is 0 Å². The molecule has 1 atom stereocenters. The first-order valence-electron chi connectivity index (χ1n) is 4.33. The summed E-state index contributed by atoms with van der Waals surface area (Å²) in [5.74, 6) is 0.758. The zero-order valence-corrected chi connectivity index (χ0v) is 13.7. The molecule has 0 radical (unpaired) electrons. The van der Waals surface area contributed by atoms with Crippen LogP contribution in [-0.2, 0) is 16.3 Å². The Labute approximate surface area is 107 Å². The van der Waals surface area contributed by atoms with Gasteiger partial charge in [0.2, 0.25) is 0 Å². The summed E-state index contributed by atoms with van der Waals surface area (Å²) in [6.45, 7) is 4.11. The van der Waals surface area contributed by atoms with Crippen molar-refractivity contribution in [2.45, 2.75) is 26.4 Å². The Balaban J connectivity index is 0.000000791. The number of hydrogen-bond acceptors (Lipinski definition) is 1. The van der Waals surface area contributed by atoms with Gasteiger partial charge >= 0.3 is 30.0 Å². The van der Waals surface area contributed by atoms with E-state index in [0.29, 0.717) is 5.02 Å². The standard InChI is InChI=1S/C10H12ClO.BrH.Zn/c1-3-8(2)12-10-6-4-9(11)5-7-10;;/h4-6,8H,3H2,1-2H3;1H;/q-1;;+2/p-1. The van der Waals surface area contributed by atoms with Crippen molar-refractivity contribution < 1.29 is 21.1 Å². The molecule has 0 saturated carbocycles. The molecule has 1 aromatic rings. The fourth-order valence-corrected chi connectivity index (χ4v) is 0.883. The van der Waals surface area contributed by atoms with E-state index in [1.807, 2.05) is 13.0 Å². The maximum absolute atomic E-state index is 5.70. The topological polar surface area (TPSA) is 9.23 Å². The first-order valence-corrected chi connectivity index (χ1v) is 11.7. The van der Waals surface area contributed by atoms with Gasteiger partial charge in [0.1, 0.15) is 0 Å². The van der Waals surface area contributed by atoms with Crippen molar-refractivity contribution in [2.24, 2.45) is 0 Å². The van der Waals surface area contributed by atoms with E-state index >= 15 is 0 Å². The summed E-state index contributed by atoms with van der Waals surface area (Å²) in [4.78, 5) is 0. The fraction of sp³-hybridized carbons (Fsp3) is 0.400. The van der Waals surface area contributed by atoms with Crippen LogP contribution in [-0.4, -0.2) is 6.10 Å². The van der Waals surface area contributed by atoms with Gasteiger partial charge in [0.25, 0.3) is 0 Å². The molecule has 1 nitrogen and oxygen atoms in total. The van der Waals surface area contributed by atoms with Crippen LogP contribution in [0.5, 0.6) is 5.75 Å². The molecular formula is C10H12BrClOZn. The van der Waals surface area contributed by atoms with Crippen LogP contribution in [0, 0.1) is 6.07 Å². The van der Waals surface area contributed by atoms with Crippen molar-refractivity contribution in [3.05, 3.63) is 29.3 Å². The second-order valence-corrected chi connectivity index (χ2v) is 3.14. The molecular weight excluding hydrogens is 317 g/mol. The molecule has 0 bridgehead atoms. The molecule has 1 unspecified atom stereocenters. The van der Waals surface area contributed by atoms with E-state index in [9.17, 15) is 0 Å². The zero-order valence-electron chi connectivity index (χ0n) is 8.39. The second-order valence-electron chi connectivity index (χ2n) is 2.71. The summed E-state index contributed by atoms with van der Waals surface area (Å²) in [5.41, 5.74) is 0. The third-order valence-corrected chi connectivity index (χ3v) is 1.88. The number of halogens is 2. The van der Waals surface area contributed by atoms with Gasteiger partial charge in [-0.25, -0.2) is 0 Å². The van der Waals surface area contributed by atoms with Crippen molar-refractivity contribution in [1.82, 2.24) is 0 Å². The first-order chi connectivity index (χ1) is 6.72. The van der Waals surface area contributed by atoms with Gasteiger partial charge in [-0.15, -0.1) is 12.1 Å². The molecule has 0 heterocycles. The maximum atomic E-state index is 5.70. The van der Waals surface area contributed by atoms with Gasteiger partial charge in [0.05, 0.1) is 6.10 Å². The molecule has 0 amide bonds. The van der Waals surface area contributed by atoms with Crippen LogP contribution in [0.1, 0.15) is 20.3 Å². The number of ether oxygens (including phenoxy) is 1. The Bertz CT molecular complexity index is 240. The third kappa shape index (κ3) is 6.00. The molecule has 0 fully saturated rings. The van der Waals surface area contributed by atoms with Gasteiger partial charge in [0.15, 0.2) is 0 Å². The first kappa shape index (κ1) is 14.4. The fourth-order valence-electron chi connectivity index (χ4n) is 0.765. The molecule has 14 heavy (non-hydrogen) atoms. The molecule has 0 aliphatic carbocycles. The summed E-state index contributed by atoms with van der Waals surface area (Å²) in [6.07, 6.45) is 1.23. The molecule has 1 rings (SSSR count). The SMILES string of the molecule is CCC(C)Oc1[c-]cc(Cl)cc1.[Zn+][Br]. The Morgan fingerprint density at radius 2 is 2.21 bits per heavy atom. The Morgan fingerprint density at radius 3 is 2.64 bits per heavy atom. The van der Waals surface area contributed by atoms with Crippen LogP contribution in [0.4, 0.5) is 0 Å². The van der Waals surface area contributed by atoms with Crippen LogP contribution >= 0.6 is 25.2 Å². The van der Waals surface area contributed by atoms with Gasteiger partial charge in [0, 0.05) is 5.75 Å². The van der Waals surface area contributed by atoms with Crippen molar-refractivity contribution in [3.8, 4) is 5.75 Å². The average molecular weight is 329 g/mol. The molecule has 0 saturated heterocycles. The number of hydrogen-bond donors (Lipinski definition) is 0. The molecule has 0 aromatic heterocycles. The van der Waals surface area contributed by atoms with E-state index in [-0.39, 0.29) is 6.10 Å². The normalized spacial score (nSPS) is 11.3. The number of rotatable bonds is 3. The molecule has 4 heteroatoms. The molecule has 0 spiro atoms. The van der Waals surface area contributed by atoms with Crippen LogP contribution in [0.25, 0.3) is 0 Å². The molecule has 0 N–H and O–H groups in total. The van der Waals surface area contributed by atoms with Crippen molar-refractivity contribution in [2.75, 3.05) is 0 Å². The van der Waals surface area contributed by atoms with Crippen LogP contribution in [0.2, 0.25) is 5.02 Å². The summed E-state index contributed by atoms with van der Waals surface area (Å²) in [7, 11) is 0. The predicted octanol–water partition coefficient (Wildman–Crippen LogP) is 4.16. The molecule has 74 valence electrons. The monoisotopic (exact) mass is 326 g/mol. The van der Waals surface area contributed by atoms with Crippen LogP contribution in [0.15, 0.2) is 18.2 Å². The Hall–Kier alpha value is 0.413. The van der Waals surface area contributed by atoms with Gasteiger partial charge in [-0.3, -0.25) is 0 Å². The van der Waals surface area contributed by atoms with E-state index < -0.39 is 0 Å². The van der Waals surface area contributed by atoms with Gasteiger partial charge in [-0.05, 0) is 13.3 Å². The van der Waals surface area contributed by atoms with E-state index in [2.05, 4.69) is 26.6 Å². The predicted molar refractivity (Wildman–Crippen MR) is 59.6 cm³/mol. The van der Waals surface area contributed by atoms with E-state index in [1.54, 1.807) is 12.1 Å². The van der Waals surface area contributed by atoms with Crippen LogP contribution < -0.4 is 4.74 Å². The quantitative estimate of drug-likeness (QED) is 0.598. The van der Waals surface area contributed by atoms with Crippen molar-refractivity contribution in [3.63, 3.8) is 0 Å².